The first-order valence-corrected chi connectivity index (χ1v) is 9.65. The van der Waals surface area contributed by atoms with E-state index in [4.69, 9.17) is 18.5 Å². The molecule has 0 spiro atoms. The number of hydrogen-bond acceptors (Lipinski definition) is 8. The summed E-state index contributed by atoms with van der Waals surface area (Å²) in [6, 6.07) is 0. The van der Waals surface area contributed by atoms with Gasteiger partial charge in [0, 0.05) is 0 Å². The fraction of sp³-hybridized carbons (Fsp3) is 0.667. The maximum atomic E-state index is 13.4. The number of methoxy groups -OCH3 is 1. The molecule has 0 aromatic carbocycles. The Morgan fingerprint density at radius 1 is 1.15 bits per heavy atom. The van der Waals surface area contributed by atoms with E-state index in [0.29, 0.717) is 0 Å². The second kappa shape index (κ2) is 8.66. The zero-order chi connectivity index (χ0) is 20.1. The normalized spacial score (nSPS) is 20.4. The number of amides is 2. The molecule has 0 aromatic rings. The van der Waals surface area contributed by atoms with E-state index < -0.39 is 30.7 Å². The van der Waals surface area contributed by atoms with Gasteiger partial charge in [-0.2, -0.15) is 0 Å². The van der Waals surface area contributed by atoms with Crippen LogP contribution in [-0.4, -0.2) is 55.1 Å². The molecule has 1 atom stereocenters. The molecular weight excluding hydrogens is 367 g/mol. The summed E-state index contributed by atoms with van der Waals surface area (Å²) in [5, 5.41) is -1.19. The lowest BCUT2D eigenvalue weighted by Crippen LogP contribution is -2.49. The summed E-state index contributed by atoms with van der Waals surface area (Å²) >= 11 is 0. The van der Waals surface area contributed by atoms with Crippen molar-refractivity contribution in [1.82, 2.24) is 10.4 Å². The number of nitrogens with one attached hydrogen (secondary N) is 1. The quantitative estimate of drug-likeness (QED) is 0.492. The highest BCUT2D eigenvalue weighted by Gasteiger charge is 2.64. The molecule has 1 unspecified atom stereocenters. The predicted octanol–water partition coefficient (Wildman–Crippen LogP) is 1.96. The van der Waals surface area contributed by atoms with Crippen LogP contribution in [0.5, 0.6) is 0 Å². The van der Waals surface area contributed by atoms with Gasteiger partial charge in [-0.1, -0.05) is 0 Å². The van der Waals surface area contributed by atoms with Crippen LogP contribution in [0.1, 0.15) is 34.6 Å². The van der Waals surface area contributed by atoms with Crippen molar-refractivity contribution in [3.8, 4) is 0 Å². The number of rotatable bonds is 8. The van der Waals surface area contributed by atoms with Crippen LogP contribution in [0.3, 0.4) is 0 Å². The molecular formula is C15H25N2O8P. The highest BCUT2D eigenvalue weighted by molar-refractivity contribution is 7.57. The van der Waals surface area contributed by atoms with Crippen molar-refractivity contribution in [2.45, 2.75) is 39.8 Å². The second-order valence-corrected chi connectivity index (χ2v) is 7.74. The Hall–Kier alpha value is -1.90. The van der Waals surface area contributed by atoms with Crippen molar-refractivity contribution in [2.24, 2.45) is 0 Å². The van der Waals surface area contributed by atoms with E-state index in [1.165, 1.54) is 13.8 Å². The van der Waals surface area contributed by atoms with Gasteiger partial charge in [-0.15, -0.1) is 0 Å². The SMILES string of the molecule is CCOC(=O)NN1C(=O)C(C)(P(=O)(OCC)OCC)C(C(=O)OC)=C1C. The van der Waals surface area contributed by atoms with Crippen molar-refractivity contribution < 1.29 is 37.5 Å². The molecule has 0 radical (unpaired) electrons. The number of carbonyl (C=O) groups excluding carboxylic acids is 3. The van der Waals surface area contributed by atoms with Crippen LogP contribution in [-0.2, 0) is 32.7 Å². The maximum Gasteiger partial charge on any atom is 0.426 e. The van der Waals surface area contributed by atoms with Crippen molar-refractivity contribution in [3.05, 3.63) is 11.3 Å². The van der Waals surface area contributed by atoms with E-state index in [9.17, 15) is 18.9 Å². The second-order valence-electron chi connectivity index (χ2n) is 5.33. The monoisotopic (exact) mass is 392 g/mol. The summed E-state index contributed by atoms with van der Waals surface area (Å²) in [7, 11) is -3.01. The van der Waals surface area contributed by atoms with Gasteiger partial charge in [-0.25, -0.2) is 20.0 Å². The minimum absolute atomic E-state index is 0.0149. The molecule has 1 aliphatic heterocycles. The first-order valence-electron chi connectivity index (χ1n) is 8.11. The van der Waals surface area contributed by atoms with Gasteiger partial charge in [-0.05, 0) is 34.6 Å². The Morgan fingerprint density at radius 3 is 2.12 bits per heavy atom. The van der Waals surface area contributed by atoms with Gasteiger partial charge in [0.05, 0.1) is 38.2 Å². The van der Waals surface area contributed by atoms with E-state index in [1.54, 1.807) is 20.8 Å². The first kappa shape index (κ1) is 22.1. The van der Waals surface area contributed by atoms with E-state index >= 15 is 0 Å². The van der Waals surface area contributed by atoms with Crippen LogP contribution < -0.4 is 5.43 Å². The third-order valence-electron chi connectivity index (χ3n) is 3.82. The maximum absolute atomic E-state index is 13.4. The summed E-state index contributed by atoms with van der Waals surface area (Å²) < 4.78 is 33.5. The zero-order valence-corrected chi connectivity index (χ0v) is 16.7. The molecule has 1 heterocycles. The Bertz CT molecular complexity index is 652. The Balaban J connectivity index is 3.54. The van der Waals surface area contributed by atoms with Crippen LogP contribution in [0.4, 0.5) is 4.79 Å². The van der Waals surface area contributed by atoms with Gasteiger partial charge in [0.2, 0.25) is 0 Å². The number of allylic oxidation sites excluding steroid dienone is 1. The van der Waals surface area contributed by atoms with Crippen molar-refractivity contribution in [3.63, 3.8) is 0 Å². The highest BCUT2D eigenvalue weighted by atomic mass is 31.2. The average molecular weight is 392 g/mol. The molecule has 2 amide bonds. The summed E-state index contributed by atoms with van der Waals surface area (Å²) in [6.45, 7) is 7.48. The molecule has 0 aliphatic carbocycles. The number of esters is 1. The summed E-state index contributed by atoms with van der Waals surface area (Å²) in [6.07, 6.45) is -0.906. The molecule has 0 saturated heterocycles. The number of carbonyl (C=O) groups is 3. The summed E-state index contributed by atoms with van der Waals surface area (Å²) in [4.78, 5) is 37.2. The van der Waals surface area contributed by atoms with E-state index in [2.05, 4.69) is 5.43 Å². The van der Waals surface area contributed by atoms with Crippen molar-refractivity contribution in [2.75, 3.05) is 26.9 Å². The lowest BCUT2D eigenvalue weighted by molar-refractivity contribution is -0.138. The molecule has 0 saturated carbocycles. The molecule has 1 aliphatic rings. The van der Waals surface area contributed by atoms with Crippen LogP contribution in [0.15, 0.2) is 11.3 Å². The third-order valence-corrected chi connectivity index (χ3v) is 6.52. The molecule has 1 rings (SSSR count). The van der Waals surface area contributed by atoms with Gasteiger partial charge < -0.3 is 18.5 Å². The van der Waals surface area contributed by atoms with Gasteiger partial charge >= 0.3 is 19.7 Å². The largest absolute Gasteiger partial charge is 0.466 e. The number of hydrogen-bond donors (Lipinski definition) is 1. The Morgan fingerprint density at radius 2 is 1.69 bits per heavy atom. The van der Waals surface area contributed by atoms with Crippen molar-refractivity contribution >= 4 is 25.6 Å². The molecule has 26 heavy (non-hydrogen) atoms. The lowest BCUT2D eigenvalue weighted by atomic mass is 10.0. The molecule has 1 N–H and O–H groups in total. The number of hydrazine groups is 1. The minimum atomic E-state index is -4.13. The number of ether oxygens (including phenoxy) is 2. The van der Waals surface area contributed by atoms with Gasteiger partial charge in [0.25, 0.3) is 5.91 Å². The van der Waals surface area contributed by atoms with Crippen LogP contribution in [0, 0.1) is 0 Å². The lowest BCUT2D eigenvalue weighted by Gasteiger charge is -2.32. The third kappa shape index (κ3) is 3.62. The van der Waals surface area contributed by atoms with E-state index in [-0.39, 0.29) is 31.1 Å². The van der Waals surface area contributed by atoms with Crippen LogP contribution in [0.25, 0.3) is 0 Å². The minimum Gasteiger partial charge on any atom is -0.466 e. The van der Waals surface area contributed by atoms with E-state index in [1.807, 2.05) is 0 Å². The summed E-state index contributed by atoms with van der Waals surface area (Å²) in [5.74, 6) is -1.74. The van der Waals surface area contributed by atoms with Gasteiger partial charge in [0.1, 0.15) is 0 Å². The smallest absolute Gasteiger partial charge is 0.426 e. The molecule has 0 aromatic heterocycles. The first-order chi connectivity index (χ1) is 12.1. The van der Waals surface area contributed by atoms with Gasteiger partial charge in [0.15, 0.2) is 5.16 Å². The average Bonchev–Trinajstić information content (AvgIpc) is 2.77. The summed E-state index contributed by atoms with van der Waals surface area (Å²) in [5.41, 5.74) is 2.05. The van der Waals surface area contributed by atoms with Crippen LogP contribution in [0.2, 0.25) is 0 Å². The highest BCUT2D eigenvalue weighted by Crippen LogP contribution is 2.65. The van der Waals surface area contributed by atoms with Crippen LogP contribution >= 0.6 is 7.60 Å². The molecule has 0 bridgehead atoms. The molecule has 148 valence electrons. The fourth-order valence-electron chi connectivity index (χ4n) is 2.67. The number of nitrogens with zero attached hydrogens (tertiary/aromatic N) is 1. The van der Waals surface area contributed by atoms with Crippen molar-refractivity contribution in [1.29, 1.82) is 0 Å². The Kier molecular flexibility index (Phi) is 7.37. The Labute approximate surface area is 152 Å². The van der Waals surface area contributed by atoms with Gasteiger partial charge in [-0.3, -0.25) is 9.36 Å². The zero-order valence-electron chi connectivity index (χ0n) is 15.8. The molecule has 0 fully saturated rings. The standard InChI is InChI=1S/C15H25N2O8P/c1-7-23-14(20)16-17-10(4)11(12(18)22-6)15(5,13(17)19)26(21,24-8-2)25-9-3/h7-9H2,1-6H3,(H,16,20). The topological polar surface area (TPSA) is 120 Å². The predicted molar refractivity (Wildman–Crippen MR) is 91.0 cm³/mol. The fourth-order valence-corrected chi connectivity index (χ4v) is 4.80. The van der Waals surface area contributed by atoms with E-state index in [0.717, 1.165) is 12.1 Å². The molecule has 11 heteroatoms. The molecule has 10 nitrogen and oxygen atoms in total.